The normalized spacial score (nSPS) is 18.9. The summed E-state index contributed by atoms with van der Waals surface area (Å²) >= 11 is 0. The molecule has 18 heavy (non-hydrogen) atoms. The lowest BCUT2D eigenvalue weighted by Gasteiger charge is -2.23. The predicted molar refractivity (Wildman–Crippen MR) is 64.9 cm³/mol. The summed E-state index contributed by atoms with van der Waals surface area (Å²) in [6.07, 6.45) is 2.07. The van der Waals surface area contributed by atoms with Crippen LogP contribution in [-0.2, 0) is 19.5 Å². The van der Waals surface area contributed by atoms with Crippen molar-refractivity contribution in [2.45, 2.75) is 45.8 Å². The molecular formula is C12H17N5O. The van der Waals surface area contributed by atoms with Gasteiger partial charge < -0.3 is 9.84 Å². The lowest BCUT2D eigenvalue weighted by atomic mass is 10.1. The zero-order valence-corrected chi connectivity index (χ0v) is 10.7. The van der Waals surface area contributed by atoms with Gasteiger partial charge in [0.05, 0.1) is 12.2 Å². The standard InChI is InChI=1S/C12H17N5O/c1-8-5-11(16-18-8)6-13-10-3-4-12-14-9(2)15-17(12)7-10/h5,10,13H,3-4,6-7H2,1-2H3. The van der Waals surface area contributed by atoms with Crippen LogP contribution in [0.25, 0.3) is 0 Å². The van der Waals surface area contributed by atoms with Gasteiger partial charge in [0.15, 0.2) is 0 Å². The van der Waals surface area contributed by atoms with Crippen LogP contribution in [0.4, 0.5) is 0 Å². The van der Waals surface area contributed by atoms with Crippen molar-refractivity contribution in [3.8, 4) is 0 Å². The molecule has 0 fully saturated rings. The highest BCUT2D eigenvalue weighted by Crippen LogP contribution is 2.13. The summed E-state index contributed by atoms with van der Waals surface area (Å²) in [6.45, 7) is 5.46. The molecule has 0 aromatic carbocycles. The average Bonchev–Trinajstić information content (AvgIpc) is 2.90. The van der Waals surface area contributed by atoms with Crippen molar-refractivity contribution in [1.29, 1.82) is 0 Å². The van der Waals surface area contributed by atoms with E-state index in [1.54, 1.807) is 0 Å². The molecule has 3 rings (SSSR count). The molecule has 1 atom stereocenters. The van der Waals surface area contributed by atoms with Crippen LogP contribution in [0.1, 0.15) is 29.5 Å². The molecule has 1 aliphatic heterocycles. The van der Waals surface area contributed by atoms with Crippen LogP contribution in [0.5, 0.6) is 0 Å². The van der Waals surface area contributed by atoms with Gasteiger partial charge in [0, 0.05) is 25.1 Å². The minimum Gasteiger partial charge on any atom is -0.361 e. The van der Waals surface area contributed by atoms with Gasteiger partial charge in [0.2, 0.25) is 0 Å². The molecule has 0 spiro atoms. The maximum atomic E-state index is 5.05. The maximum absolute atomic E-state index is 5.05. The fourth-order valence-electron chi connectivity index (χ4n) is 2.35. The molecular weight excluding hydrogens is 230 g/mol. The number of fused-ring (bicyclic) bond motifs is 1. The fourth-order valence-corrected chi connectivity index (χ4v) is 2.35. The second-order valence-corrected chi connectivity index (χ2v) is 4.80. The van der Waals surface area contributed by atoms with E-state index in [0.29, 0.717) is 6.04 Å². The fraction of sp³-hybridized carbons (Fsp3) is 0.583. The van der Waals surface area contributed by atoms with Crippen LogP contribution in [0.2, 0.25) is 0 Å². The Labute approximate surface area is 105 Å². The van der Waals surface area contributed by atoms with Crippen LogP contribution in [0.3, 0.4) is 0 Å². The van der Waals surface area contributed by atoms with Crippen LogP contribution in [0.15, 0.2) is 10.6 Å². The number of hydrogen-bond acceptors (Lipinski definition) is 5. The highest BCUT2D eigenvalue weighted by atomic mass is 16.5. The third-order valence-corrected chi connectivity index (χ3v) is 3.21. The maximum Gasteiger partial charge on any atom is 0.147 e. The number of nitrogens with zero attached hydrogens (tertiary/aromatic N) is 4. The quantitative estimate of drug-likeness (QED) is 0.876. The molecule has 96 valence electrons. The van der Waals surface area contributed by atoms with Crippen molar-refractivity contribution in [3.63, 3.8) is 0 Å². The number of aryl methyl sites for hydroxylation is 3. The zero-order chi connectivity index (χ0) is 12.5. The first-order valence-electron chi connectivity index (χ1n) is 6.26. The minimum atomic E-state index is 0.426. The third-order valence-electron chi connectivity index (χ3n) is 3.21. The molecule has 0 saturated heterocycles. The van der Waals surface area contributed by atoms with Crippen LogP contribution in [0, 0.1) is 13.8 Å². The Morgan fingerprint density at radius 3 is 3.17 bits per heavy atom. The first-order valence-corrected chi connectivity index (χ1v) is 6.26. The first-order chi connectivity index (χ1) is 8.70. The van der Waals surface area contributed by atoms with Gasteiger partial charge in [-0.05, 0) is 20.3 Å². The smallest absolute Gasteiger partial charge is 0.147 e. The summed E-state index contributed by atoms with van der Waals surface area (Å²) in [4.78, 5) is 4.40. The second kappa shape index (κ2) is 4.53. The lowest BCUT2D eigenvalue weighted by Crippen LogP contribution is -2.37. The van der Waals surface area contributed by atoms with Crippen LogP contribution in [-0.4, -0.2) is 26.0 Å². The number of rotatable bonds is 3. The van der Waals surface area contributed by atoms with Gasteiger partial charge in [-0.15, -0.1) is 0 Å². The van der Waals surface area contributed by atoms with E-state index in [1.807, 2.05) is 24.6 Å². The van der Waals surface area contributed by atoms with E-state index >= 15 is 0 Å². The molecule has 1 unspecified atom stereocenters. The topological polar surface area (TPSA) is 68.8 Å². The number of hydrogen-bond donors (Lipinski definition) is 1. The van der Waals surface area contributed by atoms with Crippen molar-refractivity contribution >= 4 is 0 Å². The molecule has 0 aliphatic carbocycles. The molecule has 2 aromatic heterocycles. The molecule has 1 N–H and O–H groups in total. The van der Waals surface area contributed by atoms with Gasteiger partial charge in [0.1, 0.15) is 17.4 Å². The molecule has 2 aromatic rings. The Hall–Kier alpha value is -1.69. The van der Waals surface area contributed by atoms with Gasteiger partial charge in [-0.25, -0.2) is 9.67 Å². The molecule has 0 radical (unpaired) electrons. The summed E-state index contributed by atoms with van der Waals surface area (Å²) in [7, 11) is 0. The predicted octanol–water partition coefficient (Wildman–Crippen LogP) is 0.988. The third kappa shape index (κ3) is 2.28. The Bertz CT molecular complexity index is 544. The molecule has 0 amide bonds. The molecule has 1 aliphatic rings. The Morgan fingerprint density at radius 1 is 1.50 bits per heavy atom. The summed E-state index contributed by atoms with van der Waals surface area (Å²) < 4.78 is 7.05. The Balaban J connectivity index is 1.59. The zero-order valence-electron chi connectivity index (χ0n) is 10.7. The minimum absolute atomic E-state index is 0.426. The lowest BCUT2D eigenvalue weighted by molar-refractivity contribution is 0.347. The molecule has 6 heteroatoms. The van der Waals surface area contributed by atoms with E-state index in [1.165, 1.54) is 0 Å². The largest absolute Gasteiger partial charge is 0.361 e. The molecule has 0 saturated carbocycles. The molecule has 6 nitrogen and oxygen atoms in total. The van der Waals surface area contributed by atoms with Crippen molar-refractivity contribution < 1.29 is 4.52 Å². The van der Waals surface area contributed by atoms with Gasteiger partial charge >= 0.3 is 0 Å². The highest BCUT2D eigenvalue weighted by Gasteiger charge is 2.20. The van der Waals surface area contributed by atoms with E-state index in [-0.39, 0.29) is 0 Å². The van der Waals surface area contributed by atoms with E-state index in [0.717, 1.165) is 49.0 Å². The average molecular weight is 247 g/mol. The highest BCUT2D eigenvalue weighted by molar-refractivity contribution is 5.03. The molecule has 3 heterocycles. The second-order valence-electron chi connectivity index (χ2n) is 4.80. The van der Waals surface area contributed by atoms with Crippen molar-refractivity contribution in [3.05, 3.63) is 29.2 Å². The first kappa shape index (κ1) is 11.4. The number of aromatic nitrogens is 4. The monoisotopic (exact) mass is 247 g/mol. The van der Waals surface area contributed by atoms with E-state index in [4.69, 9.17) is 4.52 Å². The van der Waals surface area contributed by atoms with Crippen molar-refractivity contribution in [2.75, 3.05) is 0 Å². The number of nitrogens with one attached hydrogen (secondary N) is 1. The van der Waals surface area contributed by atoms with Crippen LogP contribution >= 0.6 is 0 Å². The summed E-state index contributed by atoms with van der Waals surface area (Å²) in [6, 6.07) is 2.39. The Kier molecular flexibility index (Phi) is 2.87. The summed E-state index contributed by atoms with van der Waals surface area (Å²) in [5.74, 6) is 2.81. The SMILES string of the molecule is Cc1nc2n(n1)CC(NCc1cc(C)on1)CC2. The van der Waals surface area contributed by atoms with Gasteiger partial charge in [-0.1, -0.05) is 5.16 Å². The van der Waals surface area contributed by atoms with E-state index < -0.39 is 0 Å². The summed E-state index contributed by atoms with van der Waals surface area (Å²) in [5, 5.41) is 11.9. The van der Waals surface area contributed by atoms with Crippen molar-refractivity contribution in [2.24, 2.45) is 0 Å². The van der Waals surface area contributed by atoms with E-state index in [2.05, 4.69) is 20.6 Å². The Morgan fingerprint density at radius 2 is 2.39 bits per heavy atom. The van der Waals surface area contributed by atoms with Crippen molar-refractivity contribution in [1.82, 2.24) is 25.2 Å². The van der Waals surface area contributed by atoms with Gasteiger partial charge in [-0.3, -0.25) is 0 Å². The van der Waals surface area contributed by atoms with E-state index in [9.17, 15) is 0 Å². The molecule has 0 bridgehead atoms. The van der Waals surface area contributed by atoms with Gasteiger partial charge in [-0.2, -0.15) is 5.10 Å². The summed E-state index contributed by atoms with van der Waals surface area (Å²) in [5.41, 5.74) is 0.952. The van der Waals surface area contributed by atoms with Gasteiger partial charge in [0.25, 0.3) is 0 Å². The van der Waals surface area contributed by atoms with Crippen LogP contribution < -0.4 is 5.32 Å².